The van der Waals surface area contributed by atoms with Crippen molar-refractivity contribution < 1.29 is 13.2 Å². The first-order valence-corrected chi connectivity index (χ1v) is 8.58. The summed E-state index contributed by atoms with van der Waals surface area (Å²) in [5.74, 6) is 0.546. The Morgan fingerprint density at radius 2 is 2.30 bits per heavy atom. The predicted octanol–water partition coefficient (Wildman–Crippen LogP) is 1.58. The summed E-state index contributed by atoms with van der Waals surface area (Å²) in [7, 11) is -2.06. The van der Waals surface area contributed by atoms with E-state index in [0.29, 0.717) is 24.6 Å². The van der Waals surface area contributed by atoms with Crippen molar-refractivity contribution in [1.29, 1.82) is 0 Å². The molecule has 1 unspecified atom stereocenters. The number of sulfonamides is 1. The minimum atomic E-state index is -3.63. The zero-order valence-corrected chi connectivity index (χ0v) is 13.2. The van der Waals surface area contributed by atoms with E-state index in [1.54, 1.807) is 7.11 Å². The summed E-state index contributed by atoms with van der Waals surface area (Å²) >= 11 is 5.78. The third-order valence-corrected chi connectivity index (χ3v) is 5.95. The number of aromatic amines is 1. The summed E-state index contributed by atoms with van der Waals surface area (Å²) in [6.45, 7) is 2.64. The molecule has 0 amide bonds. The molecule has 0 aliphatic heterocycles. The van der Waals surface area contributed by atoms with Gasteiger partial charge in [0, 0.05) is 25.3 Å². The van der Waals surface area contributed by atoms with Crippen LogP contribution in [-0.4, -0.2) is 49.2 Å². The highest BCUT2D eigenvalue weighted by Crippen LogP contribution is 2.37. The van der Waals surface area contributed by atoms with Crippen molar-refractivity contribution in [1.82, 2.24) is 14.5 Å². The van der Waals surface area contributed by atoms with Crippen molar-refractivity contribution >= 4 is 21.6 Å². The first-order valence-electron chi connectivity index (χ1n) is 6.61. The number of ether oxygens (including phenoxy) is 1. The molecule has 0 saturated heterocycles. The molecule has 0 bridgehead atoms. The van der Waals surface area contributed by atoms with Crippen LogP contribution < -0.4 is 0 Å². The van der Waals surface area contributed by atoms with E-state index in [1.165, 1.54) is 10.5 Å². The molecule has 1 aromatic heterocycles. The van der Waals surface area contributed by atoms with Gasteiger partial charge in [-0.3, -0.25) is 5.10 Å². The highest BCUT2D eigenvalue weighted by atomic mass is 35.5. The number of halogens is 1. The Morgan fingerprint density at radius 1 is 1.60 bits per heavy atom. The molecular weight excluding hydrogens is 302 g/mol. The lowest BCUT2D eigenvalue weighted by atomic mass is 10.2. The molecule has 0 radical (unpaired) electrons. The SMILES string of the molecule is COCCN(C(C)C1CC1)S(=O)(=O)c1[nH]ncc1CCl. The fourth-order valence-corrected chi connectivity index (χ4v) is 4.34. The van der Waals surface area contributed by atoms with Gasteiger partial charge < -0.3 is 4.74 Å². The molecule has 1 heterocycles. The van der Waals surface area contributed by atoms with E-state index in [4.69, 9.17) is 16.3 Å². The largest absolute Gasteiger partial charge is 0.383 e. The van der Waals surface area contributed by atoms with E-state index in [-0.39, 0.29) is 16.9 Å². The van der Waals surface area contributed by atoms with E-state index >= 15 is 0 Å². The van der Waals surface area contributed by atoms with Crippen LogP contribution in [0.25, 0.3) is 0 Å². The van der Waals surface area contributed by atoms with Crippen LogP contribution in [-0.2, 0) is 20.6 Å². The maximum absolute atomic E-state index is 12.8. The van der Waals surface area contributed by atoms with E-state index in [1.807, 2.05) is 6.92 Å². The Bertz CT molecular complexity index is 542. The van der Waals surface area contributed by atoms with Crippen LogP contribution in [0.3, 0.4) is 0 Å². The fraction of sp³-hybridized carbons (Fsp3) is 0.750. The maximum atomic E-state index is 12.8. The monoisotopic (exact) mass is 321 g/mol. The van der Waals surface area contributed by atoms with E-state index in [0.717, 1.165) is 12.8 Å². The Balaban J connectivity index is 2.30. The molecule has 1 aromatic rings. The fourth-order valence-electron chi connectivity index (χ4n) is 2.27. The minimum absolute atomic E-state index is 0.0402. The van der Waals surface area contributed by atoms with Gasteiger partial charge >= 0.3 is 0 Å². The van der Waals surface area contributed by atoms with Gasteiger partial charge in [-0.25, -0.2) is 8.42 Å². The second-order valence-corrected chi connectivity index (χ2v) is 7.14. The summed E-state index contributed by atoms with van der Waals surface area (Å²) in [6, 6.07) is -0.0402. The molecule has 1 aliphatic carbocycles. The summed E-state index contributed by atoms with van der Waals surface area (Å²) in [4.78, 5) is 0. The van der Waals surface area contributed by atoms with E-state index in [9.17, 15) is 8.42 Å². The second-order valence-electron chi connectivity index (χ2n) is 5.04. The minimum Gasteiger partial charge on any atom is -0.383 e. The number of aromatic nitrogens is 2. The number of H-pyrrole nitrogens is 1. The average molecular weight is 322 g/mol. The van der Waals surface area contributed by atoms with Gasteiger partial charge in [0.2, 0.25) is 0 Å². The van der Waals surface area contributed by atoms with Crippen LogP contribution in [0, 0.1) is 5.92 Å². The molecule has 114 valence electrons. The third-order valence-electron chi connectivity index (χ3n) is 3.66. The second kappa shape index (κ2) is 6.43. The van der Waals surface area contributed by atoms with E-state index < -0.39 is 10.0 Å². The molecular formula is C12H20ClN3O3S. The van der Waals surface area contributed by atoms with Gasteiger partial charge in [-0.15, -0.1) is 11.6 Å². The first-order chi connectivity index (χ1) is 9.52. The van der Waals surface area contributed by atoms with Gasteiger partial charge in [-0.05, 0) is 25.7 Å². The molecule has 1 saturated carbocycles. The standard InChI is InChI=1S/C12H20ClN3O3S/c1-9(10-3-4-10)16(5-6-19-2)20(17,18)12-11(7-13)8-14-15-12/h8-10H,3-7H2,1-2H3,(H,14,15). The van der Waals surface area contributed by atoms with Gasteiger partial charge in [-0.1, -0.05) is 0 Å². The zero-order chi connectivity index (χ0) is 14.8. The Morgan fingerprint density at radius 3 is 2.85 bits per heavy atom. The van der Waals surface area contributed by atoms with Crippen molar-refractivity contribution in [3.63, 3.8) is 0 Å². The molecule has 0 aromatic carbocycles. The number of nitrogens with one attached hydrogen (secondary N) is 1. The van der Waals surface area contributed by atoms with Crippen LogP contribution in [0.15, 0.2) is 11.2 Å². The smallest absolute Gasteiger partial charge is 0.260 e. The summed E-state index contributed by atoms with van der Waals surface area (Å²) < 4.78 is 32.1. The Labute approximate surface area is 124 Å². The molecule has 1 N–H and O–H groups in total. The molecule has 8 heteroatoms. The van der Waals surface area contributed by atoms with Crippen LogP contribution in [0.5, 0.6) is 0 Å². The van der Waals surface area contributed by atoms with Crippen molar-refractivity contribution in [2.45, 2.75) is 36.7 Å². The van der Waals surface area contributed by atoms with E-state index in [2.05, 4.69) is 10.2 Å². The Kier molecular flexibility index (Phi) is 5.06. The summed E-state index contributed by atoms with van der Waals surface area (Å²) in [6.07, 6.45) is 3.60. The van der Waals surface area contributed by atoms with Gasteiger partial charge in [0.25, 0.3) is 10.0 Å². The maximum Gasteiger partial charge on any atom is 0.260 e. The molecule has 6 nitrogen and oxygen atoms in total. The van der Waals surface area contributed by atoms with Crippen LogP contribution >= 0.6 is 11.6 Å². The van der Waals surface area contributed by atoms with Crippen molar-refractivity contribution in [2.24, 2.45) is 5.92 Å². The van der Waals surface area contributed by atoms with Crippen molar-refractivity contribution in [3.05, 3.63) is 11.8 Å². The van der Waals surface area contributed by atoms with Gasteiger partial charge in [0.15, 0.2) is 5.03 Å². The lowest BCUT2D eigenvalue weighted by molar-refractivity contribution is 0.164. The summed E-state index contributed by atoms with van der Waals surface area (Å²) in [5, 5.41) is 6.45. The molecule has 1 fully saturated rings. The highest BCUT2D eigenvalue weighted by molar-refractivity contribution is 7.89. The number of hydrogen-bond acceptors (Lipinski definition) is 4. The number of methoxy groups -OCH3 is 1. The number of nitrogens with zero attached hydrogens (tertiary/aromatic N) is 2. The summed E-state index contributed by atoms with van der Waals surface area (Å²) in [5.41, 5.74) is 0.497. The number of alkyl halides is 1. The predicted molar refractivity (Wildman–Crippen MR) is 76.1 cm³/mol. The number of hydrogen-bond donors (Lipinski definition) is 1. The lowest BCUT2D eigenvalue weighted by Crippen LogP contribution is -2.42. The van der Waals surface area contributed by atoms with Crippen molar-refractivity contribution in [2.75, 3.05) is 20.3 Å². The van der Waals surface area contributed by atoms with Crippen LogP contribution in [0.2, 0.25) is 0 Å². The van der Waals surface area contributed by atoms with Crippen LogP contribution in [0.4, 0.5) is 0 Å². The first kappa shape index (κ1) is 15.8. The normalized spacial score (nSPS) is 17.6. The molecule has 1 atom stereocenters. The lowest BCUT2D eigenvalue weighted by Gasteiger charge is -2.27. The molecule has 2 rings (SSSR count). The Hall–Kier alpha value is -0.630. The molecule has 20 heavy (non-hydrogen) atoms. The topological polar surface area (TPSA) is 75.3 Å². The van der Waals surface area contributed by atoms with Crippen LogP contribution in [0.1, 0.15) is 25.3 Å². The van der Waals surface area contributed by atoms with Gasteiger partial charge in [0.05, 0.1) is 18.7 Å². The zero-order valence-electron chi connectivity index (χ0n) is 11.7. The van der Waals surface area contributed by atoms with Crippen molar-refractivity contribution in [3.8, 4) is 0 Å². The molecule has 0 spiro atoms. The van der Waals surface area contributed by atoms with Gasteiger partial charge in [-0.2, -0.15) is 9.40 Å². The third kappa shape index (κ3) is 3.16. The average Bonchev–Trinajstić information content (AvgIpc) is 3.15. The van der Waals surface area contributed by atoms with Gasteiger partial charge in [0.1, 0.15) is 0 Å². The quantitative estimate of drug-likeness (QED) is 0.738. The highest BCUT2D eigenvalue weighted by Gasteiger charge is 2.39. The number of rotatable bonds is 8. The molecule has 1 aliphatic rings.